The molecule has 2 rings (SSSR count). The van der Waals surface area contributed by atoms with Crippen LogP contribution in [0.25, 0.3) is 0 Å². The number of sulfone groups is 1. The highest BCUT2D eigenvalue weighted by atomic mass is 32.2. The van der Waals surface area contributed by atoms with E-state index in [2.05, 4.69) is 9.46 Å². The molecule has 0 fully saturated rings. The van der Waals surface area contributed by atoms with Gasteiger partial charge in [-0.2, -0.15) is 0 Å². The van der Waals surface area contributed by atoms with Crippen molar-refractivity contribution in [1.82, 2.24) is 0 Å². The molecule has 10 heteroatoms. The highest BCUT2D eigenvalue weighted by Gasteiger charge is 2.23. The molecule has 140 valence electrons. The predicted octanol–water partition coefficient (Wildman–Crippen LogP) is 1.69. The van der Waals surface area contributed by atoms with Crippen LogP contribution in [0.2, 0.25) is 0 Å². The number of sulfonamides is 1. The van der Waals surface area contributed by atoms with Gasteiger partial charge in [-0.3, -0.25) is 4.72 Å². The van der Waals surface area contributed by atoms with Crippen molar-refractivity contribution < 1.29 is 31.1 Å². The molecule has 0 bridgehead atoms. The molecule has 2 aromatic rings. The number of esters is 1. The van der Waals surface area contributed by atoms with E-state index in [-0.39, 0.29) is 26.8 Å². The average molecular weight is 399 g/mol. The Morgan fingerprint density at radius 3 is 2.27 bits per heavy atom. The van der Waals surface area contributed by atoms with Gasteiger partial charge in [-0.1, -0.05) is 6.07 Å². The van der Waals surface area contributed by atoms with E-state index < -0.39 is 25.8 Å². The third-order valence-electron chi connectivity index (χ3n) is 3.39. The van der Waals surface area contributed by atoms with Crippen LogP contribution >= 0.6 is 0 Å². The summed E-state index contributed by atoms with van der Waals surface area (Å²) in [4.78, 5) is 11.1. The third kappa shape index (κ3) is 4.33. The summed E-state index contributed by atoms with van der Waals surface area (Å²) in [6, 6.07) is 9.22. The lowest BCUT2D eigenvalue weighted by Gasteiger charge is -2.13. The van der Waals surface area contributed by atoms with Crippen LogP contribution in [0.15, 0.2) is 52.3 Å². The van der Waals surface area contributed by atoms with E-state index in [9.17, 15) is 21.6 Å². The maximum Gasteiger partial charge on any atom is 0.337 e. The zero-order chi connectivity index (χ0) is 19.5. The number of benzene rings is 2. The molecule has 0 aliphatic heterocycles. The number of hydrogen-bond acceptors (Lipinski definition) is 7. The van der Waals surface area contributed by atoms with Crippen LogP contribution in [0.1, 0.15) is 10.4 Å². The van der Waals surface area contributed by atoms with Crippen molar-refractivity contribution in [3.8, 4) is 5.75 Å². The molecule has 0 aromatic heterocycles. The summed E-state index contributed by atoms with van der Waals surface area (Å²) in [5, 5.41) is 0. The summed E-state index contributed by atoms with van der Waals surface area (Å²) in [6.07, 6.45) is 0.971. The fraction of sp³-hybridized carbons (Fsp3) is 0.188. The van der Waals surface area contributed by atoms with Crippen molar-refractivity contribution in [2.75, 3.05) is 25.2 Å². The van der Waals surface area contributed by atoms with Crippen molar-refractivity contribution >= 4 is 31.5 Å². The van der Waals surface area contributed by atoms with Gasteiger partial charge in [0.2, 0.25) is 0 Å². The smallest absolute Gasteiger partial charge is 0.337 e. The Morgan fingerprint density at radius 1 is 1.00 bits per heavy atom. The number of carbonyl (C=O) groups excluding carboxylic acids is 1. The Kier molecular flexibility index (Phi) is 5.57. The van der Waals surface area contributed by atoms with Gasteiger partial charge in [-0.05, 0) is 36.4 Å². The van der Waals surface area contributed by atoms with Crippen LogP contribution in [0.4, 0.5) is 5.69 Å². The molecule has 0 saturated heterocycles. The first-order chi connectivity index (χ1) is 12.1. The lowest BCUT2D eigenvalue weighted by molar-refractivity contribution is 0.0600. The molecule has 8 nitrogen and oxygen atoms in total. The van der Waals surface area contributed by atoms with Crippen molar-refractivity contribution in [3.63, 3.8) is 0 Å². The highest BCUT2D eigenvalue weighted by Crippen LogP contribution is 2.28. The van der Waals surface area contributed by atoms with Crippen LogP contribution in [0.3, 0.4) is 0 Å². The number of carbonyl (C=O) groups is 1. The van der Waals surface area contributed by atoms with Crippen molar-refractivity contribution in [2.45, 2.75) is 9.79 Å². The summed E-state index contributed by atoms with van der Waals surface area (Å²) in [5.74, 6) is -0.642. The Balaban J connectivity index is 2.49. The van der Waals surface area contributed by atoms with Gasteiger partial charge in [0.05, 0.1) is 24.7 Å². The zero-order valence-corrected chi connectivity index (χ0v) is 15.8. The summed E-state index contributed by atoms with van der Waals surface area (Å²) in [5.41, 5.74) is 0.268. The molecule has 26 heavy (non-hydrogen) atoms. The molecule has 0 amide bonds. The predicted molar refractivity (Wildman–Crippen MR) is 94.7 cm³/mol. The minimum Gasteiger partial charge on any atom is -0.495 e. The molecule has 2 aromatic carbocycles. The summed E-state index contributed by atoms with van der Waals surface area (Å²) in [7, 11) is -5.31. The number of nitrogens with one attached hydrogen (secondary N) is 1. The molecule has 0 heterocycles. The number of methoxy groups -OCH3 is 2. The quantitative estimate of drug-likeness (QED) is 0.735. The van der Waals surface area contributed by atoms with Crippen LogP contribution in [0.5, 0.6) is 5.75 Å². The molecule has 0 unspecified atom stereocenters. The Hall–Kier alpha value is -2.59. The monoisotopic (exact) mass is 399 g/mol. The molecule has 1 N–H and O–H groups in total. The van der Waals surface area contributed by atoms with Gasteiger partial charge in [0.1, 0.15) is 10.6 Å². The zero-order valence-electron chi connectivity index (χ0n) is 14.2. The maximum absolute atomic E-state index is 12.7. The van der Waals surface area contributed by atoms with Crippen molar-refractivity contribution in [1.29, 1.82) is 0 Å². The summed E-state index contributed by atoms with van der Waals surface area (Å²) < 4.78 is 60.8. The first-order valence-corrected chi connectivity index (χ1v) is 10.6. The number of hydrogen-bond donors (Lipinski definition) is 1. The van der Waals surface area contributed by atoms with Crippen LogP contribution in [0, 0.1) is 0 Å². The lowest BCUT2D eigenvalue weighted by Crippen LogP contribution is -2.15. The van der Waals surface area contributed by atoms with E-state index in [1.165, 1.54) is 50.6 Å². The largest absolute Gasteiger partial charge is 0.495 e. The number of ether oxygens (including phenoxy) is 2. The molecule has 0 atom stereocenters. The topological polar surface area (TPSA) is 116 Å². The second-order valence-electron chi connectivity index (χ2n) is 5.26. The van der Waals surface area contributed by atoms with Gasteiger partial charge < -0.3 is 9.47 Å². The molecule has 0 saturated carbocycles. The third-order valence-corrected chi connectivity index (χ3v) is 5.90. The van der Waals surface area contributed by atoms with E-state index >= 15 is 0 Å². The van der Waals surface area contributed by atoms with Crippen LogP contribution in [-0.4, -0.2) is 43.3 Å². The Labute approximate surface area is 151 Å². The normalized spacial score (nSPS) is 11.7. The van der Waals surface area contributed by atoms with E-state index in [0.29, 0.717) is 0 Å². The minimum absolute atomic E-state index is 0.0194. The van der Waals surface area contributed by atoms with Crippen LogP contribution < -0.4 is 9.46 Å². The number of rotatable bonds is 6. The second kappa shape index (κ2) is 7.34. The van der Waals surface area contributed by atoms with Gasteiger partial charge in [0.15, 0.2) is 9.84 Å². The molecule has 0 spiro atoms. The van der Waals surface area contributed by atoms with Gasteiger partial charge in [0, 0.05) is 11.9 Å². The minimum atomic E-state index is -4.18. The molecule has 0 radical (unpaired) electrons. The van der Waals surface area contributed by atoms with Crippen molar-refractivity contribution in [2.24, 2.45) is 0 Å². The Bertz CT molecular complexity index is 1040. The van der Waals surface area contributed by atoms with Crippen molar-refractivity contribution in [3.05, 3.63) is 48.0 Å². The first-order valence-electron chi connectivity index (χ1n) is 7.18. The Morgan fingerprint density at radius 2 is 1.69 bits per heavy atom. The maximum atomic E-state index is 12.7. The van der Waals surface area contributed by atoms with E-state index in [4.69, 9.17) is 4.74 Å². The highest BCUT2D eigenvalue weighted by molar-refractivity contribution is 7.93. The van der Waals surface area contributed by atoms with Gasteiger partial charge in [-0.15, -0.1) is 0 Å². The lowest BCUT2D eigenvalue weighted by atomic mass is 10.2. The fourth-order valence-electron chi connectivity index (χ4n) is 2.14. The summed E-state index contributed by atoms with van der Waals surface area (Å²) >= 11 is 0. The second-order valence-corrected chi connectivity index (χ2v) is 8.93. The van der Waals surface area contributed by atoms with E-state index in [1.807, 2.05) is 0 Å². The first kappa shape index (κ1) is 19.7. The van der Waals surface area contributed by atoms with Gasteiger partial charge >= 0.3 is 5.97 Å². The van der Waals surface area contributed by atoms with Crippen LogP contribution in [-0.2, 0) is 24.6 Å². The fourth-order valence-corrected chi connectivity index (χ4v) is 4.10. The van der Waals surface area contributed by atoms with Gasteiger partial charge in [0.25, 0.3) is 10.0 Å². The molecular weight excluding hydrogens is 382 g/mol. The van der Waals surface area contributed by atoms with Gasteiger partial charge in [-0.25, -0.2) is 21.6 Å². The number of anilines is 1. The summed E-state index contributed by atoms with van der Waals surface area (Å²) in [6.45, 7) is 0. The van der Waals surface area contributed by atoms with E-state index in [0.717, 1.165) is 12.3 Å². The molecular formula is C16H17NO7S2. The SMILES string of the molecule is COC(=O)c1cccc(NS(=O)(=O)c2cc(S(C)(=O)=O)ccc2OC)c1. The molecule has 0 aliphatic carbocycles. The molecule has 0 aliphatic rings. The van der Waals surface area contributed by atoms with E-state index in [1.54, 1.807) is 0 Å². The average Bonchev–Trinajstić information content (AvgIpc) is 2.59. The standard InChI is InChI=1S/C16H17NO7S2/c1-23-14-8-7-13(25(3,19)20)10-15(14)26(21,22)17-12-6-4-5-11(9-12)16(18)24-2/h4-10,17H,1-3H3.